The third-order valence-electron chi connectivity index (χ3n) is 4.82. The van der Waals surface area contributed by atoms with E-state index in [1.54, 1.807) is 30.3 Å². The second-order valence-electron chi connectivity index (χ2n) is 6.48. The molecular weight excluding hydrogens is 382 g/mol. The molecule has 4 rings (SSSR count). The summed E-state index contributed by atoms with van der Waals surface area (Å²) >= 11 is 0. The lowest BCUT2D eigenvalue weighted by Gasteiger charge is -2.29. The normalized spacial score (nSPS) is 26.7. The molecule has 11 heteroatoms. The van der Waals surface area contributed by atoms with Crippen LogP contribution < -0.4 is 5.32 Å². The van der Waals surface area contributed by atoms with Crippen molar-refractivity contribution in [2.24, 2.45) is 0 Å². The predicted octanol–water partition coefficient (Wildman–Crippen LogP) is -0.336. The summed E-state index contributed by atoms with van der Waals surface area (Å²) in [4.78, 5) is 24.9. The predicted molar refractivity (Wildman–Crippen MR) is 98.7 cm³/mol. The number of aliphatic hydroxyl groups excluding tert-OH is 2. The largest absolute Gasteiger partial charge is 0.394 e. The van der Waals surface area contributed by atoms with E-state index < -0.39 is 30.8 Å². The fourth-order valence-corrected chi connectivity index (χ4v) is 3.26. The zero-order valence-corrected chi connectivity index (χ0v) is 15.3. The van der Waals surface area contributed by atoms with Crippen LogP contribution >= 0.6 is 0 Å². The van der Waals surface area contributed by atoms with Crippen LogP contribution in [0.15, 0.2) is 43.0 Å². The Bertz CT molecular complexity index is 1030. The maximum absolute atomic E-state index is 12.4. The van der Waals surface area contributed by atoms with E-state index in [9.17, 15) is 20.1 Å². The van der Waals surface area contributed by atoms with Crippen molar-refractivity contribution in [2.45, 2.75) is 24.2 Å². The average Bonchev–Trinajstić information content (AvgIpc) is 3.29. The molecule has 1 fully saturated rings. The van der Waals surface area contributed by atoms with Crippen molar-refractivity contribution in [3.8, 4) is 0 Å². The molecule has 1 aromatic carbocycles. The van der Waals surface area contributed by atoms with Crippen molar-refractivity contribution in [1.82, 2.24) is 19.5 Å². The molecule has 4 N–H and O–H groups in total. The summed E-state index contributed by atoms with van der Waals surface area (Å²) in [6.45, 7) is -0.524. The molecular formula is C18H19N5O6. The number of hydrogen-bond donors (Lipinski definition) is 4. The molecule has 29 heavy (non-hydrogen) atoms. The maximum Gasteiger partial charge on any atom is 0.256 e. The summed E-state index contributed by atoms with van der Waals surface area (Å²) in [6, 6.07) is 8.60. The van der Waals surface area contributed by atoms with Crippen molar-refractivity contribution in [3.63, 3.8) is 0 Å². The van der Waals surface area contributed by atoms with Gasteiger partial charge in [0.05, 0.1) is 12.9 Å². The first-order valence-corrected chi connectivity index (χ1v) is 8.75. The topological polar surface area (TPSA) is 152 Å². The fourth-order valence-electron chi connectivity index (χ4n) is 3.26. The molecule has 3 aromatic rings. The van der Waals surface area contributed by atoms with Crippen LogP contribution in [0.4, 0.5) is 5.82 Å². The average molecular weight is 401 g/mol. The summed E-state index contributed by atoms with van der Waals surface area (Å²) in [7, 11) is 1.21. The molecule has 4 atom stereocenters. The van der Waals surface area contributed by atoms with Crippen molar-refractivity contribution in [2.75, 3.05) is 19.0 Å². The Labute approximate surface area is 164 Å². The van der Waals surface area contributed by atoms with Crippen LogP contribution in [0, 0.1) is 0 Å². The monoisotopic (exact) mass is 401 g/mol. The molecule has 0 aliphatic carbocycles. The lowest BCUT2D eigenvalue weighted by molar-refractivity contribution is -0.264. The second kappa shape index (κ2) is 7.46. The SMILES string of the molecule is CO[C@@]1(O)[C@H](O)[C@@H](CO)O[C@H]1n1cnc2c(NC(=O)c3ccccc3)ncnc21. The van der Waals surface area contributed by atoms with E-state index in [0.29, 0.717) is 5.56 Å². The summed E-state index contributed by atoms with van der Waals surface area (Å²) < 4.78 is 12.0. The van der Waals surface area contributed by atoms with Crippen LogP contribution in [0.2, 0.25) is 0 Å². The Morgan fingerprint density at radius 1 is 1.31 bits per heavy atom. The molecule has 11 nitrogen and oxygen atoms in total. The standard InChI is InChI=1S/C18H19N5O6/c1-28-18(27)13(25)11(7-24)29-17(18)23-9-21-12-14(19-8-20-15(12)23)22-16(26)10-5-3-2-4-6-10/h2-6,8-9,11,13,17,24-25,27H,7H2,1H3,(H,19,20,22,26)/t11-,13-,17-,18+/m1/s1. The lowest BCUT2D eigenvalue weighted by Crippen LogP contribution is -2.48. The summed E-state index contributed by atoms with van der Waals surface area (Å²) in [6.07, 6.45) is -1.27. The quantitative estimate of drug-likeness (QED) is 0.421. The van der Waals surface area contributed by atoms with Crippen LogP contribution in [0.1, 0.15) is 16.6 Å². The Morgan fingerprint density at radius 2 is 2.07 bits per heavy atom. The van der Waals surface area contributed by atoms with Gasteiger partial charge in [-0.3, -0.25) is 9.36 Å². The zero-order chi connectivity index (χ0) is 20.6. The van der Waals surface area contributed by atoms with E-state index in [4.69, 9.17) is 9.47 Å². The second-order valence-corrected chi connectivity index (χ2v) is 6.48. The van der Waals surface area contributed by atoms with Gasteiger partial charge >= 0.3 is 0 Å². The number of aliphatic hydroxyl groups is 3. The number of nitrogens with one attached hydrogen (secondary N) is 1. The van der Waals surface area contributed by atoms with Gasteiger partial charge in [-0.15, -0.1) is 0 Å². The molecule has 1 aliphatic heterocycles. The van der Waals surface area contributed by atoms with Crippen LogP contribution in [-0.4, -0.2) is 72.5 Å². The Hall–Kier alpha value is -2.96. The van der Waals surface area contributed by atoms with E-state index in [2.05, 4.69) is 20.3 Å². The first-order valence-electron chi connectivity index (χ1n) is 8.75. The van der Waals surface area contributed by atoms with Gasteiger partial charge in [-0.1, -0.05) is 18.2 Å². The molecule has 152 valence electrons. The fraction of sp³-hybridized carbons (Fsp3) is 0.333. The van der Waals surface area contributed by atoms with E-state index in [1.807, 2.05) is 0 Å². The van der Waals surface area contributed by atoms with Gasteiger partial charge in [-0.2, -0.15) is 0 Å². The van der Waals surface area contributed by atoms with E-state index >= 15 is 0 Å². The number of rotatable bonds is 5. The highest BCUT2D eigenvalue weighted by molar-refractivity contribution is 6.06. The minimum Gasteiger partial charge on any atom is -0.394 e. The Kier molecular flexibility index (Phi) is 4.98. The van der Waals surface area contributed by atoms with Crippen LogP contribution in [-0.2, 0) is 9.47 Å². The molecule has 1 amide bonds. The number of methoxy groups -OCH3 is 1. The van der Waals surface area contributed by atoms with E-state index in [-0.39, 0.29) is 22.9 Å². The van der Waals surface area contributed by atoms with E-state index in [0.717, 1.165) is 0 Å². The van der Waals surface area contributed by atoms with Gasteiger partial charge in [-0.05, 0) is 12.1 Å². The van der Waals surface area contributed by atoms with Gasteiger partial charge in [0.15, 0.2) is 23.2 Å². The molecule has 1 aliphatic rings. The highest BCUT2D eigenvalue weighted by atomic mass is 16.7. The summed E-state index contributed by atoms with van der Waals surface area (Å²) in [5.74, 6) is -2.35. The number of carbonyl (C=O) groups excluding carboxylic acids is 1. The number of ether oxygens (including phenoxy) is 2. The molecule has 1 saturated heterocycles. The van der Waals surface area contributed by atoms with Crippen LogP contribution in [0.5, 0.6) is 0 Å². The zero-order valence-electron chi connectivity index (χ0n) is 15.3. The van der Waals surface area contributed by atoms with Gasteiger partial charge in [0.2, 0.25) is 5.79 Å². The molecule has 0 radical (unpaired) electrons. The van der Waals surface area contributed by atoms with E-state index in [1.165, 1.54) is 24.3 Å². The Morgan fingerprint density at radius 3 is 2.76 bits per heavy atom. The molecule has 0 unspecified atom stereocenters. The smallest absolute Gasteiger partial charge is 0.256 e. The number of aromatic nitrogens is 4. The maximum atomic E-state index is 12.4. The van der Waals surface area contributed by atoms with Crippen LogP contribution in [0.25, 0.3) is 11.2 Å². The third-order valence-corrected chi connectivity index (χ3v) is 4.82. The molecule has 0 spiro atoms. The van der Waals surface area contributed by atoms with Gasteiger partial charge in [0.1, 0.15) is 18.5 Å². The number of benzene rings is 1. The molecule has 3 heterocycles. The summed E-state index contributed by atoms with van der Waals surface area (Å²) in [5, 5.41) is 33.1. The first-order chi connectivity index (χ1) is 14.0. The lowest BCUT2D eigenvalue weighted by atomic mass is 10.1. The molecule has 2 aromatic heterocycles. The van der Waals surface area contributed by atoms with Crippen molar-refractivity contribution in [3.05, 3.63) is 48.5 Å². The van der Waals surface area contributed by atoms with Gasteiger partial charge in [0.25, 0.3) is 5.91 Å². The van der Waals surface area contributed by atoms with Gasteiger partial charge < -0.3 is 30.1 Å². The Balaban J connectivity index is 1.70. The highest BCUT2D eigenvalue weighted by Crippen LogP contribution is 2.40. The van der Waals surface area contributed by atoms with Crippen molar-refractivity contribution < 1.29 is 29.6 Å². The minimum absolute atomic E-state index is 0.167. The van der Waals surface area contributed by atoms with Gasteiger partial charge in [0, 0.05) is 12.7 Å². The van der Waals surface area contributed by atoms with Crippen molar-refractivity contribution in [1.29, 1.82) is 0 Å². The number of carbonyl (C=O) groups is 1. The number of nitrogens with zero attached hydrogens (tertiary/aromatic N) is 4. The van der Waals surface area contributed by atoms with Crippen molar-refractivity contribution >= 4 is 22.9 Å². The summed E-state index contributed by atoms with van der Waals surface area (Å²) in [5.41, 5.74) is 0.927. The minimum atomic E-state index is -2.14. The number of hydrogen-bond acceptors (Lipinski definition) is 9. The first kappa shape index (κ1) is 19.4. The molecule has 0 saturated carbocycles. The number of anilines is 1. The number of amides is 1. The molecule has 0 bridgehead atoms. The van der Waals surface area contributed by atoms with Gasteiger partial charge in [-0.25, -0.2) is 15.0 Å². The van der Waals surface area contributed by atoms with Crippen LogP contribution in [0.3, 0.4) is 0 Å². The number of imidazole rings is 1. The number of fused-ring (bicyclic) bond motifs is 1. The third kappa shape index (κ3) is 3.14. The highest BCUT2D eigenvalue weighted by Gasteiger charge is 2.57.